The molecule has 70 valence electrons. The van der Waals surface area contributed by atoms with E-state index in [4.69, 9.17) is 0 Å². The van der Waals surface area contributed by atoms with Crippen LogP contribution in [-0.4, -0.2) is 21.1 Å². The van der Waals surface area contributed by atoms with Gasteiger partial charge in [-0.15, -0.1) is 6.58 Å². The molecule has 5 heteroatoms. The minimum atomic E-state index is -3.74. The molecule has 1 aliphatic rings. The van der Waals surface area contributed by atoms with Crippen molar-refractivity contribution in [3.05, 3.63) is 12.7 Å². The Bertz CT molecular complexity index is 278. The summed E-state index contributed by atoms with van der Waals surface area (Å²) in [6.07, 6.45) is 1.20. The lowest BCUT2D eigenvalue weighted by Gasteiger charge is -2.23. The molecule has 1 aliphatic heterocycles. The van der Waals surface area contributed by atoms with Crippen LogP contribution in [0.5, 0.6) is 0 Å². The third-order valence-electron chi connectivity index (χ3n) is 1.95. The summed E-state index contributed by atoms with van der Waals surface area (Å²) in [5.41, 5.74) is -0.385. The lowest BCUT2D eigenvalue weighted by Crippen LogP contribution is -2.29. The van der Waals surface area contributed by atoms with E-state index >= 15 is 0 Å². The van der Waals surface area contributed by atoms with Crippen LogP contribution in [0, 0.1) is 5.41 Å². The van der Waals surface area contributed by atoms with Crippen molar-refractivity contribution < 1.29 is 16.8 Å². The first kappa shape index (κ1) is 9.70. The van der Waals surface area contributed by atoms with Crippen LogP contribution >= 0.6 is 0 Å². The van der Waals surface area contributed by atoms with E-state index in [0.29, 0.717) is 0 Å². The summed E-state index contributed by atoms with van der Waals surface area (Å²) >= 11 is 0. The molecule has 0 aromatic carbocycles. The zero-order chi connectivity index (χ0) is 9.41. The van der Waals surface area contributed by atoms with Crippen molar-refractivity contribution in [3.8, 4) is 0 Å². The highest BCUT2D eigenvalue weighted by Crippen LogP contribution is 2.30. The van der Waals surface area contributed by atoms with Gasteiger partial charge in [0.15, 0.2) is 0 Å². The summed E-state index contributed by atoms with van der Waals surface area (Å²) < 4.78 is 30.6. The Morgan fingerprint density at radius 2 is 2.17 bits per heavy atom. The molecule has 0 radical (unpaired) electrons. The highest BCUT2D eigenvalue weighted by atomic mass is 32.3. The van der Waals surface area contributed by atoms with Gasteiger partial charge in [-0.1, -0.05) is 19.9 Å². The highest BCUT2D eigenvalue weighted by Gasteiger charge is 2.39. The molecule has 0 amide bonds. The molecular weight excluding hydrogens is 180 g/mol. The maximum atomic E-state index is 10.7. The van der Waals surface area contributed by atoms with Gasteiger partial charge in [0, 0.05) is 5.41 Å². The monoisotopic (exact) mass is 192 g/mol. The van der Waals surface area contributed by atoms with Crippen molar-refractivity contribution in [2.75, 3.05) is 6.61 Å². The van der Waals surface area contributed by atoms with Crippen LogP contribution in [0.4, 0.5) is 0 Å². The fourth-order valence-electron chi connectivity index (χ4n) is 0.813. The molecule has 12 heavy (non-hydrogen) atoms. The zero-order valence-electron chi connectivity index (χ0n) is 7.11. The Balaban J connectivity index is 2.77. The van der Waals surface area contributed by atoms with Gasteiger partial charge in [-0.2, -0.15) is 8.42 Å². The molecular formula is C7H12O4S. The average Bonchev–Trinajstić information content (AvgIpc) is 2.31. The van der Waals surface area contributed by atoms with Gasteiger partial charge in [0.05, 0.1) is 6.61 Å². The van der Waals surface area contributed by atoms with E-state index < -0.39 is 16.5 Å². The smallest absolute Gasteiger partial charge is 0.245 e. The highest BCUT2D eigenvalue weighted by molar-refractivity contribution is 7.82. The van der Waals surface area contributed by atoms with Crippen LogP contribution in [0.3, 0.4) is 0 Å². The largest absolute Gasteiger partial charge is 0.400 e. The summed E-state index contributed by atoms with van der Waals surface area (Å²) in [4.78, 5) is 0. The summed E-state index contributed by atoms with van der Waals surface area (Å²) in [7, 11) is -3.74. The van der Waals surface area contributed by atoms with Gasteiger partial charge >= 0.3 is 10.4 Å². The van der Waals surface area contributed by atoms with Crippen LogP contribution in [0.1, 0.15) is 13.8 Å². The first-order chi connectivity index (χ1) is 5.37. The third kappa shape index (κ3) is 1.85. The molecule has 0 aliphatic carbocycles. The van der Waals surface area contributed by atoms with Crippen LogP contribution in [0.2, 0.25) is 0 Å². The van der Waals surface area contributed by atoms with E-state index in [1.807, 2.05) is 13.8 Å². The van der Waals surface area contributed by atoms with Gasteiger partial charge < -0.3 is 0 Å². The van der Waals surface area contributed by atoms with Gasteiger partial charge in [-0.3, -0.25) is 0 Å². The summed E-state index contributed by atoms with van der Waals surface area (Å²) in [6, 6.07) is 0. The second-order valence-corrected chi connectivity index (χ2v) is 4.55. The minimum absolute atomic E-state index is 0.0708. The SMILES string of the molecule is C=CC(C)(C)C1COS(=O)(=O)O1. The van der Waals surface area contributed by atoms with Crippen molar-refractivity contribution in [3.63, 3.8) is 0 Å². The summed E-state index contributed by atoms with van der Waals surface area (Å²) in [6.45, 7) is 7.35. The maximum Gasteiger partial charge on any atom is 0.400 e. The molecule has 0 bridgehead atoms. The molecule has 1 atom stereocenters. The number of rotatable bonds is 2. The minimum Gasteiger partial charge on any atom is -0.245 e. The van der Waals surface area contributed by atoms with Gasteiger partial charge in [0.1, 0.15) is 6.10 Å². The number of hydrogen-bond donors (Lipinski definition) is 0. The lowest BCUT2D eigenvalue weighted by molar-refractivity contribution is 0.131. The Hall–Kier alpha value is -0.390. The Labute approximate surface area is 72.5 Å². The topological polar surface area (TPSA) is 52.6 Å². The van der Waals surface area contributed by atoms with E-state index in [9.17, 15) is 8.42 Å². The molecule has 1 fully saturated rings. The van der Waals surface area contributed by atoms with E-state index in [2.05, 4.69) is 14.9 Å². The molecule has 4 nitrogen and oxygen atoms in total. The lowest BCUT2D eigenvalue weighted by atomic mass is 9.87. The van der Waals surface area contributed by atoms with E-state index in [0.717, 1.165) is 0 Å². The normalized spacial score (nSPS) is 28.7. The van der Waals surface area contributed by atoms with Crippen LogP contribution in [0.15, 0.2) is 12.7 Å². The average molecular weight is 192 g/mol. The molecule has 0 N–H and O–H groups in total. The third-order valence-corrected chi connectivity index (χ3v) is 2.85. The summed E-state index contributed by atoms with van der Waals surface area (Å²) in [5, 5.41) is 0. The van der Waals surface area contributed by atoms with Crippen molar-refractivity contribution in [1.82, 2.24) is 0 Å². The molecule has 1 heterocycles. The summed E-state index contributed by atoms with van der Waals surface area (Å²) in [5.74, 6) is 0. The molecule has 1 unspecified atom stereocenters. The molecule has 1 saturated heterocycles. The fraction of sp³-hybridized carbons (Fsp3) is 0.714. The van der Waals surface area contributed by atoms with Gasteiger partial charge in [-0.25, -0.2) is 8.37 Å². The zero-order valence-corrected chi connectivity index (χ0v) is 7.93. The first-order valence-corrected chi connectivity index (χ1v) is 4.92. The van der Waals surface area contributed by atoms with E-state index in [1.54, 1.807) is 6.08 Å². The molecule has 0 spiro atoms. The van der Waals surface area contributed by atoms with Crippen molar-refractivity contribution in [2.45, 2.75) is 20.0 Å². The standard InChI is InChI=1S/C7H12O4S/c1-4-7(2,3)6-5-10-12(8,9)11-6/h4,6H,1,5H2,2-3H3. The predicted octanol–water partition coefficient (Wildman–Crippen LogP) is 0.859. The molecule has 0 aromatic heterocycles. The molecule has 0 saturated carbocycles. The second-order valence-electron chi connectivity index (χ2n) is 3.30. The van der Waals surface area contributed by atoms with Crippen molar-refractivity contribution in [1.29, 1.82) is 0 Å². The van der Waals surface area contributed by atoms with Gasteiger partial charge in [0.25, 0.3) is 0 Å². The Morgan fingerprint density at radius 1 is 1.58 bits per heavy atom. The van der Waals surface area contributed by atoms with Crippen LogP contribution in [0.25, 0.3) is 0 Å². The van der Waals surface area contributed by atoms with Crippen LogP contribution in [-0.2, 0) is 18.8 Å². The predicted molar refractivity (Wildman–Crippen MR) is 43.7 cm³/mol. The maximum absolute atomic E-state index is 10.7. The molecule has 0 aromatic rings. The van der Waals surface area contributed by atoms with Gasteiger partial charge in [-0.05, 0) is 0 Å². The number of hydrogen-bond acceptors (Lipinski definition) is 4. The Morgan fingerprint density at radius 3 is 2.50 bits per heavy atom. The quantitative estimate of drug-likeness (QED) is 0.609. The first-order valence-electron chi connectivity index (χ1n) is 3.58. The second kappa shape index (κ2) is 2.83. The van der Waals surface area contributed by atoms with Gasteiger partial charge in [0.2, 0.25) is 0 Å². The molecule has 1 rings (SSSR count). The van der Waals surface area contributed by atoms with Crippen LogP contribution < -0.4 is 0 Å². The van der Waals surface area contributed by atoms with Crippen molar-refractivity contribution >= 4 is 10.4 Å². The Kier molecular flexibility index (Phi) is 2.29. The van der Waals surface area contributed by atoms with E-state index in [-0.39, 0.29) is 12.0 Å². The van der Waals surface area contributed by atoms with E-state index in [1.165, 1.54) is 0 Å². The van der Waals surface area contributed by atoms with Crippen molar-refractivity contribution in [2.24, 2.45) is 5.41 Å². The fourth-order valence-corrected chi connectivity index (χ4v) is 1.75.